The number of nitrogens with zero attached hydrogens (tertiary/aromatic N) is 4. The average Bonchev–Trinajstić information content (AvgIpc) is 3.29. The Bertz CT molecular complexity index is 1070. The summed E-state index contributed by atoms with van der Waals surface area (Å²) in [5, 5.41) is 14.5. The molecule has 0 radical (unpaired) electrons. The molecular weight excluding hydrogens is 362 g/mol. The number of benzene rings is 3. The van der Waals surface area contributed by atoms with Crippen molar-refractivity contribution in [3.05, 3.63) is 107 Å². The van der Waals surface area contributed by atoms with Crippen molar-refractivity contribution in [1.29, 1.82) is 0 Å². The van der Waals surface area contributed by atoms with E-state index in [4.69, 9.17) is 0 Å². The van der Waals surface area contributed by atoms with Crippen LogP contribution in [-0.2, 0) is 5.54 Å². The topological polar surface area (TPSA) is 72.7 Å². The molecule has 3 aromatic carbocycles. The van der Waals surface area contributed by atoms with Crippen LogP contribution in [0.3, 0.4) is 0 Å². The van der Waals surface area contributed by atoms with Gasteiger partial charge >= 0.3 is 0 Å². The lowest BCUT2D eigenvalue weighted by molar-refractivity contribution is 0.0919. The van der Waals surface area contributed by atoms with Crippen LogP contribution in [0.1, 0.15) is 34.0 Å². The lowest BCUT2D eigenvalue weighted by atomic mass is 9.84. The van der Waals surface area contributed by atoms with Crippen LogP contribution in [0.25, 0.3) is 5.69 Å². The van der Waals surface area contributed by atoms with Crippen LogP contribution in [0.2, 0.25) is 0 Å². The van der Waals surface area contributed by atoms with Gasteiger partial charge in [-0.1, -0.05) is 60.7 Å². The van der Waals surface area contributed by atoms with Gasteiger partial charge in [0, 0.05) is 5.56 Å². The smallest absolute Gasteiger partial charge is 0.252 e. The SMILES string of the molecule is Cc1cc(C(=O)NC(C)(c2ccccc2)c2ccccc2)ccc1-n1cnnn1. The molecule has 0 saturated carbocycles. The summed E-state index contributed by atoms with van der Waals surface area (Å²) in [4.78, 5) is 13.2. The Morgan fingerprint density at radius 2 is 1.55 bits per heavy atom. The highest BCUT2D eigenvalue weighted by atomic mass is 16.1. The second-order valence-electron chi connectivity index (χ2n) is 7.07. The van der Waals surface area contributed by atoms with Gasteiger partial charge in [0.1, 0.15) is 6.33 Å². The molecule has 1 heterocycles. The molecular formula is C23H21N5O. The molecule has 0 aliphatic rings. The standard InChI is InChI=1S/C23H21N5O/c1-17-15-18(13-14-21(17)28-16-24-26-27-28)22(29)25-23(2,19-9-5-3-6-10-19)20-11-7-4-8-12-20/h3-16H,1-2H3,(H,25,29). The molecule has 4 rings (SSSR count). The molecule has 6 nitrogen and oxygen atoms in total. The van der Waals surface area contributed by atoms with E-state index in [1.165, 1.54) is 6.33 Å². The number of rotatable bonds is 5. The minimum atomic E-state index is -0.665. The minimum absolute atomic E-state index is 0.147. The number of carbonyl (C=O) groups is 1. The lowest BCUT2D eigenvalue weighted by Gasteiger charge is -2.32. The van der Waals surface area contributed by atoms with Gasteiger partial charge < -0.3 is 5.32 Å². The summed E-state index contributed by atoms with van der Waals surface area (Å²) >= 11 is 0. The van der Waals surface area contributed by atoms with Gasteiger partial charge in [0.15, 0.2) is 0 Å². The summed E-state index contributed by atoms with van der Waals surface area (Å²) < 4.78 is 1.58. The fraction of sp³-hybridized carbons (Fsp3) is 0.130. The van der Waals surface area contributed by atoms with E-state index >= 15 is 0 Å². The fourth-order valence-corrected chi connectivity index (χ4v) is 3.48. The van der Waals surface area contributed by atoms with Crippen molar-refractivity contribution in [3.63, 3.8) is 0 Å². The van der Waals surface area contributed by atoms with Crippen LogP contribution in [-0.4, -0.2) is 26.1 Å². The van der Waals surface area contributed by atoms with Gasteiger partial charge in [0.25, 0.3) is 5.91 Å². The van der Waals surface area contributed by atoms with Gasteiger partial charge in [-0.15, -0.1) is 5.10 Å². The zero-order valence-corrected chi connectivity index (χ0v) is 16.3. The van der Waals surface area contributed by atoms with Crippen LogP contribution < -0.4 is 5.32 Å². The molecule has 0 bridgehead atoms. The molecule has 1 amide bonds. The largest absolute Gasteiger partial charge is 0.339 e. The summed E-state index contributed by atoms with van der Waals surface area (Å²) in [6.45, 7) is 3.96. The summed E-state index contributed by atoms with van der Waals surface area (Å²) in [7, 11) is 0. The summed E-state index contributed by atoms with van der Waals surface area (Å²) in [5.74, 6) is -0.147. The van der Waals surface area contributed by atoms with Crippen molar-refractivity contribution < 1.29 is 4.79 Å². The highest BCUT2D eigenvalue weighted by molar-refractivity contribution is 5.95. The van der Waals surface area contributed by atoms with E-state index in [1.54, 1.807) is 10.7 Å². The van der Waals surface area contributed by atoms with E-state index in [-0.39, 0.29) is 5.91 Å². The highest BCUT2D eigenvalue weighted by Gasteiger charge is 2.31. The minimum Gasteiger partial charge on any atom is -0.339 e. The van der Waals surface area contributed by atoms with Crippen molar-refractivity contribution in [3.8, 4) is 5.69 Å². The number of aromatic nitrogens is 4. The summed E-state index contributed by atoms with van der Waals surface area (Å²) in [6, 6.07) is 25.5. The van der Waals surface area contributed by atoms with Crippen molar-refractivity contribution in [2.45, 2.75) is 19.4 Å². The van der Waals surface area contributed by atoms with Gasteiger partial charge in [-0.2, -0.15) is 0 Å². The van der Waals surface area contributed by atoms with Crippen LogP contribution in [0.4, 0.5) is 0 Å². The van der Waals surface area contributed by atoms with E-state index in [1.807, 2.05) is 86.6 Å². The lowest BCUT2D eigenvalue weighted by Crippen LogP contribution is -2.44. The maximum absolute atomic E-state index is 13.2. The molecule has 0 atom stereocenters. The normalized spacial score (nSPS) is 11.2. The van der Waals surface area contributed by atoms with E-state index < -0.39 is 5.54 Å². The van der Waals surface area contributed by atoms with E-state index in [9.17, 15) is 4.79 Å². The number of nitrogens with one attached hydrogen (secondary N) is 1. The van der Waals surface area contributed by atoms with E-state index in [2.05, 4.69) is 20.8 Å². The Kier molecular flexibility index (Phi) is 4.91. The van der Waals surface area contributed by atoms with Crippen LogP contribution >= 0.6 is 0 Å². The molecule has 4 aromatic rings. The molecule has 1 N–H and O–H groups in total. The Morgan fingerprint density at radius 1 is 0.931 bits per heavy atom. The Labute approximate surface area is 169 Å². The number of hydrogen-bond donors (Lipinski definition) is 1. The van der Waals surface area contributed by atoms with Gasteiger partial charge in [-0.05, 0) is 59.2 Å². The van der Waals surface area contributed by atoms with Gasteiger partial charge in [-0.25, -0.2) is 4.68 Å². The zero-order chi connectivity index (χ0) is 20.3. The van der Waals surface area contributed by atoms with Gasteiger partial charge in [0.2, 0.25) is 0 Å². The predicted octanol–water partition coefficient (Wildman–Crippen LogP) is 3.66. The number of hydrogen-bond acceptors (Lipinski definition) is 4. The Balaban J connectivity index is 1.68. The number of amides is 1. The first kappa shape index (κ1) is 18.6. The second kappa shape index (κ2) is 7.67. The number of carbonyl (C=O) groups excluding carboxylic acids is 1. The van der Waals surface area contributed by atoms with Crippen molar-refractivity contribution >= 4 is 5.91 Å². The van der Waals surface area contributed by atoms with E-state index in [0.717, 1.165) is 22.4 Å². The van der Waals surface area contributed by atoms with E-state index in [0.29, 0.717) is 5.56 Å². The average molecular weight is 383 g/mol. The quantitative estimate of drug-likeness (QED) is 0.571. The summed E-state index contributed by atoms with van der Waals surface area (Å²) in [6.07, 6.45) is 1.53. The van der Waals surface area contributed by atoms with Crippen molar-refractivity contribution in [2.24, 2.45) is 0 Å². The maximum Gasteiger partial charge on any atom is 0.252 e. The first-order valence-electron chi connectivity index (χ1n) is 9.35. The Morgan fingerprint density at radius 3 is 2.07 bits per heavy atom. The monoisotopic (exact) mass is 383 g/mol. The van der Waals surface area contributed by atoms with Crippen LogP contribution in [0, 0.1) is 6.92 Å². The van der Waals surface area contributed by atoms with Gasteiger partial charge in [-0.3, -0.25) is 4.79 Å². The third-order valence-corrected chi connectivity index (χ3v) is 5.12. The predicted molar refractivity (Wildman–Crippen MR) is 111 cm³/mol. The molecule has 29 heavy (non-hydrogen) atoms. The molecule has 144 valence electrons. The molecule has 0 unspecified atom stereocenters. The third-order valence-electron chi connectivity index (χ3n) is 5.12. The third kappa shape index (κ3) is 3.65. The first-order chi connectivity index (χ1) is 14.1. The molecule has 6 heteroatoms. The molecule has 0 spiro atoms. The van der Waals surface area contributed by atoms with Crippen LogP contribution in [0.5, 0.6) is 0 Å². The molecule has 0 fully saturated rings. The Hall–Kier alpha value is -3.80. The van der Waals surface area contributed by atoms with Crippen molar-refractivity contribution in [1.82, 2.24) is 25.5 Å². The molecule has 0 aliphatic heterocycles. The molecule has 0 aliphatic carbocycles. The highest BCUT2D eigenvalue weighted by Crippen LogP contribution is 2.29. The zero-order valence-electron chi connectivity index (χ0n) is 16.3. The van der Waals surface area contributed by atoms with Crippen LogP contribution in [0.15, 0.2) is 85.2 Å². The number of tetrazole rings is 1. The summed E-state index contributed by atoms with van der Waals surface area (Å²) in [5.41, 5.74) is 3.69. The first-order valence-corrected chi connectivity index (χ1v) is 9.35. The maximum atomic E-state index is 13.2. The number of aryl methyl sites for hydroxylation is 1. The van der Waals surface area contributed by atoms with Gasteiger partial charge in [0.05, 0.1) is 11.2 Å². The fourth-order valence-electron chi connectivity index (χ4n) is 3.48. The second-order valence-corrected chi connectivity index (χ2v) is 7.07. The van der Waals surface area contributed by atoms with Crippen molar-refractivity contribution in [2.75, 3.05) is 0 Å². The molecule has 0 saturated heterocycles. The molecule has 1 aromatic heterocycles.